The van der Waals surface area contributed by atoms with Crippen molar-refractivity contribution in [3.63, 3.8) is 0 Å². The Balaban J connectivity index is 2.02. The van der Waals surface area contributed by atoms with Crippen LogP contribution < -0.4 is 5.32 Å². The molecule has 0 saturated carbocycles. The van der Waals surface area contributed by atoms with E-state index in [1.807, 2.05) is 0 Å². The standard InChI is InChI=1S/C15H22ClN3O4/c1-15(2,10-16)14(21)19(8-11-4-3-6-22-11)9-13(20)17-12-5-7-23-18-12/h5,7,11H,3-4,6,8-10H2,1-2H3,(H,17,18,20). The van der Waals surface area contributed by atoms with Crippen LogP contribution in [0, 0.1) is 5.41 Å². The molecule has 1 fully saturated rings. The van der Waals surface area contributed by atoms with E-state index >= 15 is 0 Å². The highest BCUT2D eigenvalue weighted by molar-refractivity contribution is 6.19. The van der Waals surface area contributed by atoms with E-state index in [2.05, 4.69) is 15.0 Å². The minimum atomic E-state index is -0.742. The highest BCUT2D eigenvalue weighted by Crippen LogP contribution is 2.22. The van der Waals surface area contributed by atoms with E-state index in [0.717, 1.165) is 12.8 Å². The van der Waals surface area contributed by atoms with Gasteiger partial charge in [-0.3, -0.25) is 9.59 Å². The van der Waals surface area contributed by atoms with Crippen LogP contribution in [0.3, 0.4) is 0 Å². The lowest BCUT2D eigenvalue weighted by atomic mass is 9.94. The van der Waals surface area contributed by atoms with E-state index in [-0.39, 0.29) is 30.3 Å². The maximum atomic E-state index is 12.7. The predicted molar refractivity (Wildman–Crippen MR) is 85.2 cm³/mol. The van der Waals surface area contributed by atoms with Crippen molar-refractivity contribution in [3.8, 4) is 0 Å². The Labute approximate surface area is 140 Å². The maximum Gasteiger partial charge on any atom is 0.245 e. The van der Waals surface area contributed by atoms with Crippen molar-refractivity contribution >= 4 is 29.2 Å². The van der Waals surface area contributed by atoms with Crippen molar-refractivity contribution in [1.29, 1.82) is 0 Å². The summed E-state index contributed by atoms with van der Waals surface area (Å²) in [6.45, 7) is 4.52. The Bertz CT molecular complexity index is 527. The number of alkyl halides is 1. The first-order valence-electron chi connectivity index (χ1n) is 7.59. The molecule has 128 valence electrons. The summed E-state index contributed by atoms with van der Waals surface area (Å²) in [5.74, 6) is -0.0104. The van der Waals surface area contributed by atoms with Gasteiger partial charge in [0.1, 0.15) is 12.8 Å². The Kier molecular flexibility index (Phi) is 6.01. The minimum absolute atomic E-state index is 0.0371. The van der Waals surface area contributed by atoms with Gasteiger partial charge in [0.25, 0.3) is 0 Å². The van der Waals surface area contributed by atoms with Crippen molar-refractivity contribution in [2.24, 2.45) is 5.41 Å². The van der Waals surface area contributed by atoms with Gasteiger partial charge < -0.3 is 19.5 Å². The third-order valence-electron chi connectivity index (χ3n) is 3.69. The number of hydrogen-bond acceptors (Lipinski definition) is 5. The number of nitrogens with one attached hydrogen (secondary N) is 1. The first-order chi connectivity index (χ1) is 10.9. The number of nitrogens with zero attached hydrogens (tertiary/aromatic N) is 2. The number of halogens is 1. The van der Waals surface area contributed by atoms with Gasteiger partial charge in [-0.05, 0) is 26.7 Å². The molecule has 2 heterocycles. The molecular weight excluding hydrogens is 322 g/mol. The van der Waals surface area contributed by atoms with Crippen LogP contribution in [0.25, 0.3) is 0 Å². The van der Waals surface area contributed by atoms with E-state index in [4.69, 9.17) is 16.3 Å². The van der Waals surface area contributed by atoms with Crippen molar-refractivity contribution < 1.29 is 18.8 Å². The highest BCUT2D eigenvalue weighted by Gasteiger charge is 2.34. The number of amides is 2. The number of rotatable bonds is 7. The zero-order valence-electron chi connectivity index (χ0n) is 13.4. The van der Waals surface area contributed by atoms with Crippen molar-refractivity contribution in [2.45, 2.75) is 32.8 Å². The molecule has 8 heteroatoms. The smallest absolute Gasteiger partial charge is 0.245 e. The maximum absolute atomic E-state index is 12.7. The third kappa shape index (κ3) is 4.94. The van der Waals surface area contributed by atoms with Gasteiger partial charge in [-0.1, -0.05) is 5.16 Å². The van der Waals surface area contributed by atoms with Crippen LogP contribution in [-0.4, -0.2) is 53.6 Å². The van der Waals surface area contributed by atoms with Crippen LogP contribution in [0.2, 0.25) is 0 Å². The third-order valence-corrected chi connectivity index (χ3v) is 4.36. The molecule has 1 aromatic heterocycles. The van der Waals surface area contributed by atoms with Gasteiger partial charge >= 0.3 is 0 Å². The van der Waals surface area contributed by atoms with Crippen LogP contribution in [0.15, 0.2) is 16.9 Å². The Hall–Kier alpha value is -1.60. The van der Waals surface area contributed by atoms with Crippen LogP contribution in [-0.2, 0) is 14.3 Å². The summed E-state index contributed by atoms with van der Waals surface area (Å²) in [7, 11) is 0. The molecule has 1 saturated heterocycles. The molecule has 2 rings (SSSR count). The molecular formula is C15H22ClN3O4. The van der Waals surface area contributed by atoms with Crippen molar-refractivity contribution in [1.82, 2.24) is 10.1 Å². The molecule has 23 heavy (non-hydrogen) atoms. The lowest BCUT2D eigenvalue weighted by Gasteiger charge is -2.31. The van der Waals surface area contributed by atoms with E-state index in [1.165, 1.54) is 17.2 Å². The summed E-state index contributed by atoms with van der Waals surface area (Å²) in [6, 6.07) is 1.53. The van der Waals surface area contributed by atoms with E-state index in [9.17, 15) is 9.59 Å². The second-order valence-electron chi connectivity index (χ2n) is 6.27. The Morgan fingerprint density at radius 3 is 2.87 bits per heavy atom. The van der Waals surface area contributed by atoms with Crippen LogP contribution in [0.1, 0.15) is 26.7 Å². The van der Waals surface area contributed by atoms with E-state index in [0.29, 0.717) is 19.0 Å². The van der Waals surface area contributed by atoms with Gasteiger partial charge in [0.15, 0.2) is 5.82 Å². The fraction of sp³-hybridized carbons (Fsp3) is 0.667. The van der Waals surface area contributed by atoms with Gasteiger partial charge in [-0.15, -0.1) is 11.6 Å². The first-order valence-corrected chi connectivity index (χ1v) is 8.13. The molecule has 1 aliphatic rings. The number of hydrogen-bond donors (Lipinski definition) is 1. The number of carbonyl (C=O) groups is 2. The largest absolute Gasteiger partial charge is 0.376 e. The molecule has 0 bridgehead atoms. The molecule has 0 spiro atoms. The lowest BCUT2D eigenvalue weighted by Crippen LogP contribution is -2.48. The molecule has 0 aromatic carbocycles. The van der Waals surface area contributed by atoms with Gasteiger partial charge in [0, 0.05) is 25.1 Å². The normalized spacial score (nSPS) is 18.0. The first kappa shape index (κ1) is 17.7. The van der Waals surface area contributed by atoms with Crippen LogP contribution in [0.5, 0.6) is 0 Å². The summed E-state index contributed by atoms with van der Waals surface area (Å²) in [5.41, 5.74) is -0.742. The van der Waals surface area contributed by atoms with Gasteiger partial charge in [-0.2, -0.15) is 0 Å². The number of ether oxygens (including phenoxy) is 1. The highest BCUT2D eigenvalue weighted by atomic mass is 35.5. The van der Waals surface area contributed by atoms with E-state index in [1.54, 1.807) is 13.8 Å². The molecule has 2 amide bonds. The molecule has 1 unspecified atom stereocenters. The summed E-state index contributed by atoms with van der Waals surface area (Å²) >= 11 is 5.90. The molecule has 0 radical (unpaired) electrons. The average molecular weight is 344 g/mol. The number of carbonyl (C=O) groups excluding carboxylic acids is 2. The minimum Gasteiger partial charge on any atom is -0.376 e. The van der Waals surface area contributed by atoms with Gasteiger partial charge in [0.2, 0.25) is 11.8 Å². The second kappa shape index (κ2) is 7.79. The SMILES string of the molecule is CC(C)(CCl)C(=O)N(CC(=O)Nc1ccon1)CC1CCCO1. The van der Waals surface area contributed by atoms with Gasteiger partial charge in [-0.25, -0.2) is 0 Å². The predicted octanol–water partition coefficient (Wildman–Crippen LogP) is 1.89. The fourth-order valence-corrected chi connectivity index (χ4v) is 2.49. The molecule has 1 aliphatic heterocycles. The average Bonchev–Trinajstić information content (AvgIpc) is 3.19. The number of aromatic nitrogens is 1. The summed E-state index contributed by atoms with van der Waals surface area (Å²) in [5, 5.41) is 6.21. The monoisotopic (exact) mass is 343 g/mol. The molecule has 1 atom stereocenters. The summed E-state index contributed by atoms with van der Waals surface area (Å²) in [4.78, 5) is 26.4. The molecule has 1 N–H and O–H groups in total. The lowest BCUT2D eigenvalue weighted by molar-refractivity contribution is -0.143. The van der Waals surface area contributed by atoms with Crippen molar-refractivity contribution in [2.75, 3.05) is 30.9 Å². The number of anilines is 1. The zero-order chi connectivity index (χ0) is 16.9. The van der Waals surface area contributed by atoms with Crippen LogP contribution >= 0.6 is 11.6 Å². The quantitative estimate of drug-likeness (QED) is 0.764. The molecule has 1 aromatic rings. The zero-order valence-corrected chi connectivity index (χ0v) is 14.1. The Morgan fingerprint density at radius 1 is 1.52 bits per heavy atom. The fourth-order valence-electron chi connectivity index (χ4n) is 2.37. The summed E-state index contributed by atoms with van der Waals surface area (Å²) in [6.07, 6.45) is 3.18. The van der Waals surface area contributed by atoms with E-state index < -0.39 is 5.41 Å². The van der Waals surface area contributed by atoms with Crippen LogP contribution in [0.4, 0.5) is 5.82 Å². The molecule has 0 aliphatic carbocycles. The summed E-state index contributed by atoms with van der Waals surface area (Å²) < 4.78 is 10.2. The Morgan fingerprint density at radius 2 is 2.30 bits per heavy atom. The van der Waals surface area contributed by atoms with Crippen molar-refractivity contribution in [3.05, 3.63) is 12.3 Å². The van der Waals surface area contributed by atoms with Gasteiger partial charge in [0.05, 0.1) is 11.5 Å². The topological polar surface area (TPSA) is 84.7 Å². The second-order valence-corrected chi connectivity index (χ2v) is 6.54. The molecule has 7 nitrogen and oxygen atoms in total.